The SMILES string of the molecule is CCOc1ccc(/C=N\OCC(=O)N[C@@H](C)C23CC4CC(CC(C4)C2)C3)cc1OC. The number of carbonyl (C=O) groups is 1. The van der Waals surface area contributed by atoms with Gasteiger partial charge in [0, 0.05) is 11.6 Å². The highest BCUT2D eigenvalue weighted by Crippen LogP contribution is 2.61. The minimum atomic E-state index is -0.0975. The summed E-state index contributed by atoms with van der Waals surface area (Å²) in [5.41, 5.74) is 1.12. The number of oxime groups is 1. The maximum atomic E-state index is 12.4. The van der Waals surface area contributed by atoms with Crippen molar-refractivity contribution in [3.05, 3.63) is 23.8 Å². The molecule has 1 N–H and O–H groups in total. The number of hydrogen-bond acceptors (Lipinski definition) is 5. The zero-order valence-electron chi connectivity index (χ0n) is 18.4. The molecule has 1 amide bonds. The van der Waals surface area contributed by atoms with Crippen LogP contribution in [0.3, 0.4) is 0 Å². The van der Waals surface area contributed by atoms with E-state index >= 15 is 0 Å². The molecule has 6 heteroatoms. The van der Waals surface area contributed by atoms with Gasteiger partial charge < -0.3 is 19.6 Å². The first-order chi connectivity index (χ1) is 14.5. The van der Waals surface area contributed by atoms with Gasteiger partial charge in [0.15, 0.2) is 18.1 Å². The Hall–Kier alpha value is -2.24. The minimum Gasteiger partial charge on any atom is -0.493 e. The molecule has 0 radical (unpaired) electrons. The van der Waals surface area contributed by atoms with Gasteiger partial charge in [0.05, 0.1) is 19.9 Å². The highest BCUT2D eigenvalue weighted by atomic mass is 16.6. The van der Waals surface area contributed by atoms with Crippen LogP contribution in [-0.2, 0) is 9.63 Å². The number of ether oxygens (including phenoxy) is 2. The lowest BCUT2D eigenvalue weighted by Gasteiger charge is -2.59. The van der Waals surface area contributed by atoms with E-state index in [9.17, 15) is 4.79 Å². The normalized spacial score (nSPS) is 30.3. The smallest absolute Gasteiger partial charge is 0.261 e. The molecule has 4 bridgehead atoms. The van der Waals surface area contributed by atoms with Crippen LogP contribution in [0.25, 0.3) is 0 Å². The number of methoxy groups -OCH3 is 1. The molecule has 4 saturated carbocycles. The molecule has 1 aromatic rings. The fourth-order valence-corrected chi connectivity index (χ4v) is 6.38. The van der Waals surface area contributed by atoms with Gasteiger partial charge in [0.2, 0.25) is 0 Å². The summed E-state index contributed by atoms with van der Waals surface area (Å²) in [4.78, 5) is 17.7. The Morgan fingerprint density at radius 2 is 1.87 bits per heavy atom. The van der Waals surface area contributed by atoms with Gasteiger partial charge in [-0.05, 0) is 93.7 Å². The van der Waals surface area contributed by atoms with Crippen molar-refractivity contribution in [2.45, 2.75) is 58.4 Å². The summed E-state index contributed by atoms with van der Waals surface area (Å²) in [6.07, 6.45) is 9.64. The Morgan fingerprint density at radius 3 is 2.47 bits per heavy atom. The van der Waals surface area contributed by atoms with Crippen molar-refractivity contribution in [1.29, 1.82) is 0 Å². The number of nitrogens with one attached hydrogen (secondary N) is 1. The molecule has 5 rings (SSSR count). The van der Waals surface area contributed by atoms with Crippen molar-refractivity contribution in [1.82, 2.24) is 5.32 Å². The van der Waals surface area contributed by atoms with Crippen LogP contribution in [0.1, 0.15) is 57.9 Å². The van der Waals surface area contributed by atoms with Crippen molar-refractivity contribution in [2.24, 2.45) is 28.3 Å². The summed E-state index contributed by atoms with van der Waals surface area (Å²) >= 11 is 0. The number of hydrogen-bond donors (Lipinski definition) is 1. The molecule has 0 saturated heterocycles. The maximum Gasteiger partial charge on any atom is 0.261 e. The van der Waals surface area contributed by atoms with E-state index in [1.165, 1.54) is 38.5 Å². The lowest BCUT2D eigenvalue weighted by atomic mass is 9.48. The van der Waals surface area contributed by atoms with Crippen LogP contribution in [0.4, 0.5) is 0 Å². The van der Waals surface area contributed by atoms with E-state index in [0.29, 0.717) is 23.5 Å². The summed E-state index contributed by atoms with van der Waals surface area (Å²) in [7, 11) is 1.60. The molecule has 0 aliphatic heterocycles. The predicted octanol–water partition coefficient (Wildman–Crippen LogP) is 4.17. The van der Waals surface area contributed by atoms with Crippen LogP contribution < -0.4 is 14.8 Å². The first-order valence-corrected chi connectivity index (χ1v) is 11.3. The monoisotopic (exact) mass is 414 g/mol. The molecule has 30 heavy (non-hydrogen) atoms. The second kappa shape index (κ2) is 8.86. The summed E-state index contributed by atoms with van der Waals surface area (Å²) in [5, 5.41) is 7.15. The molecule has 0 spiro atoms. The number of benzene rings is 1. The Morgan fingerprint density at radius 1 is 1.20 bits per heavy atom. The molecule has 4 aliphatic rings. The van der Waals surface area contributed by atoms with E-state index in [2.05, 4.69) is 17.4 Å². The van der Waals surface area contributed by atoms with Gasteiger partial charge in [-0.3, -0.25) is 4.79 Å². The van der Waals surface area contributed by atoms with E-state index in [1.54, 1.807) is 13.3 Å². The fourth-order valence-electron chi connectivity index (χ4n) is 6.38. The van der Waals surface area contributed by atoms with Crippen LogP contribution in [0.15, 0.2) is 23.4 Å². The molecule has 164 valence electrons. The van der Waals surface area contributed by atoms with E-state index < -0.39 is 0 Å². The highest BCUT2D eigenvalue weighted by molar-refractivity contribution is 5.81. The van der Waals surface area contributed by atoms with Gasteiger partial charge in [-0.25, -0.2) is 0 Å². The first-order valence-electron chi connectivity index (χ1n) is 11.3. The average Bonchev–Trinajstić information content (AvgIpc) is 2.71. The Labute approximate surface area is 179 Å². The molecule has 0 aromatic heterocycles. The second-order valence-electron chi connectivity index (χ2n) is 9.42. The molecule has 0 unspecified atom stereocenters. The molecule has 1 aromatic carbocycles. The van der Waals surface area contributed by atoms with E-state index in [0.717, 1.165) is 23.3 Å². The van der Waals surface area contributed by atoms with Gasteiger partial charge in [-0.2, -0.15) is 0 Å². The topological polar surface area (TPSA) is 69.2 Å². The van der Waals surface area contributed by atoms with Crippen LogP contribution in [-0.4, -0.2) is 38.5 Å². The summed E-state index contributed by atoms with van der Waals surface area (Å²) in [5.74, 6) is 3.87. The molecule has 4 fully saturated rings. The Kier molecular flexibility index (Phi) is 6.21. The Bertz CT molecular complexity index is 756. The van der Waals surface area contributed by atoms with Crippen molar-refractivity contribution in [3.63, 3.8) is 0 Å². The molecule has 4 aliphatic carbocycles. The zero-order valence-corrected chi connectivity index (χ0v) is 18.4. The van der Waals surface area contributed by atoms with Crippen molar-refractivity contribution < 1.29 is 19.1 Å². The molecule has 0 heterocycles. The van der Waals surface area contributed by atoms with Crippen LogP contribution >= 0.6 is 0 Å². The standard InChI is InChI=1S/C24H34N2O4/c1-4-29-21-6-5-17(10-22(21)28-3)14-25-30-15-23(27)26-16(2)24-11-18-7-19(12-24)9-20(8-18)13-24/h5-6,10,14,16,18-20H,4,7-9,11-13,15H2,1-3H3,(H,26,27)/b25-14-/t16-,18?,19?,20?,24?/m0/s1. The molecule has 6 nitrogen and oxygen atoms in total. The molecular weight excluding hydrogens is 380 g/mol. The number of carbonyl (C=O) groups excluding carboxylic acids is 1. The zero-order chi connectivity index (χ0) is 21.1. The number of nitrogens with zero attached hydrogens (tertiary/aromatic N) is 1. The lowest BCUT2D eigenvalue weighted by molar-refractivity contribution is -0.130. The van der Waals surface area contributed by atoms with Crippen LogP contribution in [0, 0.1) is 23.2 Å². The quantitative estimate of drug-likeness (QED) is 0.486. The largest absolute Gasteiger partial charge is 0.493 e. The summed E-state index contributed by atoms with van der Waals surface area (Å²) < 4.78 is 10.8. The average molecular weight is 415 g/mol. The van der Waals surface area contributed by atoms with E-state index in [1.807, 2.05) is 25.1 Å². The number of rotatable bonds is 9. The maximum absolute atomic E-state index is 12.4. The lowest BCUT2D eigenvalue weighted by Crippen LogP contribution is -2.56. The third-order valence-corrected chi connectivity index (χ3v) is 7.34. The number of amides is 1. The summed E-state index contributed by atoms with van der Waals surface area (Å²) in [6.45, 7) is 4.61. The highest BCUT2D eigenvalue weighted by Gasteiger charge is 2.53. The van der Waals surface area contributed by atoms with E-state index in [4.69, 9.17) is 14.3 Å². The Balaban J connectivity index is 1.26. The van der Waals surface area contributed by atoms with Gasteiger partial charge in [-0.1, -0.05) is 5.16 Å². The van der Waals surface area contributed by atoms with Crippen molar-refractivity contribution >= 4 is 12.1 Å². The fraction of sp³-hybridized carbons (Fsp3) is 0.667. The molecular formula is C24H34N2O4. The minimum absolute atomic E-state index is 0.0681. The van der Waals surface area contributed by atoms with Gasteiger partial charge in [-0.15, -0.1) is 0 Å². The van der Waals surface area contributed by atoms with Crippen LogP contribution in [0.2, 0.25) is 0 Å². The third kappa shape index (κ3) is 4.42. The third-order valence-electron chi connectivity index (χ3n) is 7.34. The second-order valence-corrected chi connectivity index (χ2v) is 9.42. The van der Waals surface area contributed by atoms with E-state index in [-0.39, 0.29) is 18.6 Å². The van der Waals surface area contributed by atoms with Crippen molar-refractivity contribution in [2.75, 3.05) is 20.3 Å². The van der Waals surface area contributed by atoms with Crippen LogP contribution in [0.5, 0.6) is 11.5 Å². The predicted molar refractivity (Wildman–Crippen MR) is 116 cm³/mol. The summed E-state index contributed by atoms with van der Waals surface area (Å²) in [6, 6.07) is 5.73. The van der Waals surface area contributed by atoms with Gasteiger partial charge >= 0.3 is 0 Å². The van der Waals surface area contributed by atoms with Gasteiger partial charge in [0.25, 0.3) is 5.91 Å². The van der Waals surface area contributed by atoms with Crippen molar-refractivity contribution in [3.8, 4) is 11.5 Å². The van der Waals surface area contributed by atoms with Gasteiger partial charge in [0.1, 0.15) is 0 Å². The molecule has 1 atom stereocenters. The first kappa shape index (κ1) is 21.0.